The van der Waals surface area contributed by atoms with Crippen molar-refractivity contribution in [2.75, 3.05) is 18.9 Å². The number of amides is 3. The molecule has 4 unspecified atom stereocenters. The molecule has 184 valence electrons. The first kappa shape index (κ1) is 28.4. The summed E-state index contributed by atoms with van der Waals surface area (Å²) in [5, 5.41) is 26.2. The van der Waals surface area contributed by atoms with Gasteiger partial charge < -0.3 is 37.6 Å². The summed E-state index contributed by atoms with van der Waals surface area (Å²) in [4.78, 5) is 49.1. The third-order valence-electron chi connectivity index (χ3n) is 4.83. The van der Waals surface area contributed by atoms with Crippen LogP contribution in [0.2, 0.25) is 0 Å². The van der Waals surface area contributed by atoms with Gasteiger partial charge in [0.25, 0.3) is 0 Å². The van der Waals surface area contributed by atoms with E-state index in [-0.39, 0.29) is 18.6 Å². The van der Waals surface area contributed by atoms with Crippen molar-refractivity contribution in [2.45, 2.75) is 49.9 Å². The summed E-state index contributed by atoms with van der Waals surface area (Å²) >= 11 is 3.98. The van der Waals surface area contributed by atoms with E-state index >= 15 is 0 Å². The van der Waals surface area contributed by atoms with Gasteiger partial charge in [0, 0.05) is 12.2 Å². The Morgan fingerprint density at radius 1 is 0.909 bits per heavy atom. The highest BCUT2D eigenvalue weighted by Crippen LogP contribution is 2.06. The van der Waals surface area contributed by atoms with Gasteiger partial charge in [0.1, 0.15) is 18.1 Å². The molecular formula is C21H33N5O6S. The number of benzene rings is 1. The Hall–Kier alpha value is -2.67. The zero-order chi connectivity index (χ0) is 24.8. The molecule has 0 fully saturated rings. The van der Waals surface area contributed by atoms with E-state index in [1.807, 2.05) is 0 Å². The van der Waals surface area contributed by atoms with Crippen molar-refractivity contribution >= 4 is 36.3 Å². The summed E-state index contributed by atoms with van der Waals surface area (Å²) in [6, 6.07) is 4.23. The number of aliphatic hydroxyl groups is 1. The van der Waals surface area contributed by atoms with Crippen molar-refractivity contribution < 1.29 is 29.4 Å². The normalized spacial score (nSPS) is 14.4. The lowest BCUT2D eigenvalue weighted by molar-refractivity contribution is -0.142. The van der Waals surface area contributed by atoms with Gasteiger partial charge in [-0.15, -0.1) is 0 Å². The van der Waals surface area contributed by atoms with Gasteiger partial charge in [-0.2, -0.15) is 12.6 Å². The number of hydrogen-bond acceptors (Lipinski definition) is 8. The van der Waals surface area contributed by atoms with Gasteiger partial charge in [-0.25, -0.2) is 4.79 Å². The fourth-order valence-corrected chi connectivity index (χ4v) is 3.08. The van der Waals surface area contributed by atoms with Crippen molar-refractivity contribution in [2.24, 2.45) is 11.5 Å². The van der Waals surface area contributed by atoms with Crippen LogP contribution in [0, 0.1) is 0 Å². The second-order valence-electron chi connectivity index (χ2n) is 7.47. The van der Waals surface area contributed by atoms with Crippen LogP contribution in [0.1, 0.15) is 24.8 Å². The van der Waals surface area contributed by atoms with Crippen LogP contribution in [0.3, 0.4) is 0 Å². The number of rotatable bonds is 15. The summed E-state index contributed by atoms with van der Waals surface area (Å²) in [6.07, 6.45) is 1.34. The van der Waals surface area contributed by atoms with E-state index < -0.39 is 54.5 Å². The van der Waals surface area contributed by atoms with E-state index in [0.717, 1.165) is 5.56 Å². The number of aliphatic carboxylic acids is 1. The van der Waals surface area contributed by atoms with E-state index in [9.17, 15) is 29.4 Å². The average molecular weight is 484 g/mol. The second-order valence-corrected chi connectivity index (χ2v) is 7.83. The van der Waals surface area contributed by atoms with Gasteiger partial charge in [-0.05, 0) is 31.4 Å². The molecular weight excluding hydrogens is 450 g/mol. The predicted molar refractivity (Wildman–Crippen MR) is 125 cm³/mol. The van der Waals surface area contributed by atoms with Gasteiger partial charge in [0.2, 0.25) is 17.7 Å². The highest BCUT2D eigenvalue weighted by molar-refractivity contribution is 7.80. The molecule has 0 aliphatic carbocycles. The molecule has 1 aromatic rings. The third kappa shape index (κ3) is 10.2. The van der Waals surface area contributed by atoms with Gasteiger partial charge in [-0.1, -0.05) is 30.3 Å². The molecule has 33 heavy (non-hydrogen) atoms. The maximum absolute atomic E-state index is 12.9. The Morgan fingerprint density at radius 3 is 2.03 bits per heavy atom. The predicted octanol–water partition coefficient (Wildman–Crippen LogP) is -1.85. The Morgan fingerprint density at radius 2 is 1.48 bits per heavy atom. The molecule has 11 nitrogen and oxygen atoms in total. The number of carbonyl (C=O) groups is 4. The number of hydrogen-bond donors (Lipinski definition) is 8. The van der Waals surface area contributed by atoms with E-state index in [4.69, 9.17) is 11.5 Å². The van der Waals surface area contributed by atoms with Crippen LogP contribution >= 0.6 is 12.6 Å². The summed E-state index contributed by atoms with van der Waals surface area (Å²) in [7, 11) is 0. The maximum atomic E-state index is 12.9. The lowest BCUT2D eigenvalue weighted by Crippen LogP contribution is -2.58. The van der Waals surface area contributed by atoms with Crippen molar-refractivity contribution in [1.29, 1.82) is 0 Å². The van der Waals surface area contributed by atoms with Crippen LogP contribution in [0.15, 0.2) is 30.3 Å². The fraction of sp³-hybridized carbons (Fsp3) is 0.524. The Labute approximate surface area is 198 Å². The van der Waals surface area contributed by atoms with Gasteiger partial charge in [0.05, 0.1) is 12.6 Å². The number of nitrogens with two attached hydrogens (primary N) is 2. The largest absolute Gasteiger partial charge is 0.480 e. The van der Waals surface area contributed by atoms with Crippen molar-refractivity contribution in [3.05, 3.63) is 35.9 Å². The summed E-state index contributed by atoms with van der Waals surface area (Å²) in [5.41, 5.74) is 11.8. The minimum absolute atomic E-state index is 0.0634. The SMILES string of the molecule is NCCCCC(NC(=O)C(CO)NC(=O)C(Cc1ccccc1)NC(=O)C(N)CS)C(=O)O. The zero-order valence-electron chi connectivity index (χ0n) is 18.3. The summed E-state index contributed by atoms with van der Waals surface area (Å²) in [5.74, 6) is -3.37. The highest BCUT2D eigenvalue weighted by atomic mass is 32.1. The lowest BCUT2D eigenvalue weighted by Gasteiger charge is -2.24. The van der Waals surface area contributed by atoms with Gasteiger partial charge >= 0.3 is 5.97 Å². The number of unbranched alkanes of at least 4 members (excludes halogenated alkanes) is 1. The molecule has 4 atom stereocenters. The van der Waals surface area contributed by atoms with E-state index in [1.165, 1.54) is 0 Å². The second kappa shape index (κ2) is 15.2. The van der Waals surface area contributed by atoms with Crippen LogP contribution < -0.4 is 27.4 Å². The van der Waals surface area contributed by atoms with E-state index in [2.05, 4.69) is 28.6 Å². The third-order valence-corrected chi connectivity index (χ3v) is 5.22. The Kier molecular flexibility index (Phi) is 13.1. The first-order chi connectivity index (χ1) is 15.7. The fourth-order valence-electron chi connectivity index (χ4n) is 2.91. The van der Waals surface area contributed by atoms with Crippen LogP contribution in [-0.4, -0.2) is 77.0 Å². The average Bonchev–Trinajstić information content (AvgIpc) is 2.81. The number of thiol groups is 1. The maximum Gasteiger partial charge on any atom is 0.326 e. The van der Waals surface area contributed by atoms with E-state index in [1.54, 1.807) is 30.3 Å². The molecule has 0 aliphatic rings. The number of carboxylic acids is 1. The lowest BCUT2D eigenvalue weighted by atomic mass is 10.0. The summed E-state index contributed by atoms with van der Waals surface area (Å²) < 4.78 is 0. The van der Waals surface area contributed by atoms with Crippen molar-refractivity contribution in [3.8, 4) is 0 Å². The highest BCUT2D eigenvalue weighted by Gasteiger charge is 2.30. The van der Waals surface area contributed by atoms with Crippen molar-refractivity contribution in [3.63, 3.8) is 0 Å². The van der Waals surface area contributed by atoms with Crippen molar-refractivity contribution in [1.82, 2.24) is 16.0 Å². The first-order valence-electron chi connectivity index (χ1n) is 10.6. The molecule has 1 rings (SSSR count). The smallest absolute Gasteiger partial charge is 0.326 e. The van der Waals surface area contributed by atoms with Crippen LogP contribution in [-0.2, 0) is 25.6 Å². The molecule has 1 aromatic carbocycles. The number of nitrogens with one attached hydrogen (secondary N) is 3. The summed E-state index contributed by atoms with van der Waals surface area (Å²) in [6.45, 7) is -0.379. The number of aliphatic hydroxyl groups excluding tert-OH is 1. The minimum Gasteiger partial charge on any atom is -0.480 e. The molecule has 0 radical (unpaired) electrons. The number of carboxylic acid groups (broad SMARTS) is 1. The standard InChI is InChI=1S/C21H33N5O6S/c22-9-5-4-8-15(21(31)32)24-20(30)17(11-27)26-19(29)16(25-18(28)14(23)12-33)10-13-6-2-1-3-7-13/h1-3,6-7,14-17,27,33H,4-5,8-12,22-23H2,(H,24,30)(H,25,28)(H,26,29)(H,31,32). The Bertz CT molecular complexity index is 782. The quantitative estimate of drug-likeness (QED) is 0.105. The molecule has 0 aromatic heterocycles. The Balaban J connectivity index is 2.90. The molecule has 0 spiro atoms. The molecule has 0 heterocycles. The molecule has 12 heteroatoms. The van der Waals surface area contributed by atoms with Gasteiger partial charge in [-0.3, -0.25) is 14.4 Å². The molecule has 3 amide bonds. The van der Waals surface area contributed by atoms with Crippen LogP contribution in [0.4, 0.5) is 0 Å². The first-order valence-corrected chi connectivity index (χ1v) is 11.2. The molecule has 0 bridgehead atoms. The van der Waals surface area contributed by atoms with Crippen LogP contribution in [0.25, 0.3) is 0 Å². The van der Waals surface area contributed by atoms with Gasteiger partial charge in [0.15, 0.2) is 0 Å². The minimum atomic E-state index is -1.41. The van der Waals surface area contributed by atoms with E-state index in [0.29, 0.717) is 19.4 Å². The molecule has 0 saturated carbocycles. The zero-order valence-corrected chi connectivity index (χ0v) is 19.2. The molecule has 0 saturated heterocycles. The number of carbonyl (C=O) groups excluding carboxylic acids is 3. The molecule has 0 aliphatic heterocycles. The monoisotopic (exact) mass is 483 g/mol. The molecule has 9 N–H and O–H groups in total. The van der Waals surface area contributed by atoms with Crippen LogP contribution in [0.5, 0.6) is 0 Å². The topological polar surface area (TPSA) is 197 Å².